The van der Waals surface area contributed by atoms with Gasteiger partial charge in [-0.25, -0.2) is 0 Å². The number of aliphatic hydroxyl groups is 1. The number of hydrogen-bond donors (Lipinski definition) is 2. The summed E-state index contributed by atoms with van der Waals surface area (Å²) in [5.41, 5.74) is 2.67. The maximum Gasteiger partial charge on any atom is 0.0896 e. The number of rotatable bonds is 4. The van der Waals surface area contributed by atoms with Gasteiger partial charge >= 0.3 is 0 Å². The Balaban J connectivity index is 1.66. The Bertz CT molecular complexity index is 698. The maximum atomic E-state index is 11.1. The van der Waals surface area contributed by atoms with Gasteiger partial charge in [-0.2, -0.15) is 0 Å². The Labute approximate surface area is 156 Å². The summed E-state index contributed by atoms with van der Waals surface area (Å²) >= 11 is 5.98. The van der Waals surface area contributed by atoms with E-state index in [-0.39, 0.29) is 5.54 Å². The van der Waals surface area contributed by atoms with E-state index >= 15 is 0 Å². The van der Waals surface area contributed by atoms with Gasteiger partial charge in [-0.1, -0.05) is 41.4 Å². The first-order valence-electron chi connectivity index (χ1n) is 9.12. The van der Waals surface area contributed by atoms with Crippen LogP contribution < -0.4 is 5.32 Å². The van der Waals surface area contributed by atoms with E-state index in [1.165, 1.54) is 5.56 Å². The fourth-order valence-electron chi connectivity index (χ4n) is 3.98. The lowest BCUT2D eigenvalue weighted by Gasteiger charge is -2.43. The zero-order valence-corrected chi connectivity index (χ0v) is 16.1. The fourth-order valence-corrected chi connectivity index (χ4v) is 4.10. The van der Waals surface area contributed by atoms with Crippen molar-refractivity contribution in [2.75, 3.05) is 5.32 Å². The second kappa shape index (κ2) is 7.01. The van der Waals surface area contributed by atoms with Crippen LogP contribution in [0.4, 0.5) is 5.69 Å². The van der Waals surface area contributed by atoms with Crippen LogP contribution in [0.15, 0.2) is 48.5 Å². The monoisotopic (exact) mass is 357 g/mol. The molecule has 3 heteroatoms. The molecular weight excluding hydrogens is 330 g/mol. The number of benzene rings is 2. The average Bonchev–Trinajstić information content (AvgIpc) is 2.58. The minimum Gasteiger partial charge on any atom is -0.385 e. The molecule has 0 amide bonds. The molecule has 0 saturated heterocycles. The van der Waals surface area contributed by atoms with Gasteiger partial charge in [0.05, 0.1) is 5.60 Å². The molecule has 2 N–H and O–H groups in total. The molecule has 3 rings (SSSR count). The van der Waals surface area contributed by atoms with E-state index in [0.717, 1.165) is 42.0 Å². The number of aryl methyl sites for hydroxylation is 1. The third-order valence-corrected chi connectivity index (χ3v) is 5.98. The molecule has 1 saturated carbocycles. The van der Waals surface area contributed by atoms with Gasteiger partial charge in [0, 0.05) is 16.2 Å². The van der Waals surface area contributed by atoms with Gasteiger partial charge in [-0.05, 0) is 82.2 Å². The molecule has 2 nitrogen and oxygen atoms in total. The number of anilines is 1. The first-order chi connectivity index (χ1) is 11.8. The van der Waals surface area contributed by atoms with Crippen molar-refractivity contribution in [3.8, 4) is 0 Å². The molecule has 1 fully saturated rings. The van der Waals surface area contributed by atoms with Gasteiger partial charge < -0.3 is 10.4 Å². The van der Waals surface area contributed by atoms with Crippen molar-refractivity contribution >= 4 is 17.3 Å². The minimum atomic E-state index is -0.680. The number of halogens is 1. The summed E-state index contributed by atoms with van der Waals surface area (Å²) in [4.78, 5) is 0. The van der Waals surface area contributed by atoms with Gasteiger partial charge in [-0.3, -0.25) is 0 Å². The van der Waals surface area contributed by atoms with Crippen LogP contribution in [0.25, 0.3) is 0 Å². The first kappa shape index (κ1) is 18.3. The van der Waals surface area contributed by atoms with Crippen molar-refractivity contribution in [3.63, 3.8) is 0 Å². The molecule has 2 aromatic carbocycles. The third kappa shape index (κ3) is 4.19. The zero-order chi connectivity index (χ0) is 18.1. The summed E-state index contributed by atoms with van der Waals surface area (Å²) in [7, 11) is 0. The molecule has 25 heavy (non-hydrogen) atoms. The van der Waals surface area contributed by atoms with Crippen molar-refractivity contribution in [2.24, 2.45) is 5.92 Å². The second-order valence-electron chi connectivity index (χ2n) is 8.03. The van der Waals surface area contributed by atoms with E-state index < -0.39 is 5.60 Å². The third-order valence-electron chi connectivity index (χ3n) is 5.73. The molecule has 0 radical (unpaired) electrons. The molecule has 2 aromatic rings. The van der Waals surface area contributed by atoms with Crippen molar-refractivity contribution in [3.05, 3.63) is 64.7 Å². The van der Waals surface area contributed by atoms with E-state index in [1.807, 2.05) is 24.3 Å². The van der Waals surface area contributed by atoms with E-state index in [4.69, 9.17) is 11.6 Å². The molecule has 0 aliphatic heterocycles. The summed E-state index contributed by atoms with van der Waals surface area (Å²) in [6.07, 6.45) is 3.65. The Morgan fingerprint density at radius 1 is 1.00 bits per heavy atom. The lowest BCUT2D eigenvalue weighted by atomic mass is 9.69. The van der Waals surface area contributed by atoms with Gasteiger partial charge in [0.2, 0.25) is 0 Å². The van der Waals surface area contributed by atoms with Crippen LogP contribution in [0.3, 0.4) is 0 Å². The number of nitrogens with one attached hydrogen (secondary N) is 1. The lowest BCUT2D eigenvalue weighted by Crippen LogP contribution is -2.44. The highest BCUT2D eigenvalue weighted by molar-refractivity contribution is 6.30. The minimum absolute atomic E-state index is 0.0254. The van der Waals surface area contributed by atoms with Crippen LogP contribution in [0.5, 0.6) is 0 Å². The van der Waals surface area contributed by atoms with Crippen LogP contribution in [0, 0.1) is 12.8 Å². The van der Waals surface area contributed by atoms with Gasteiger partial charge in [-0.15, -0.1) is 0 Å². The topological polar surface area (TPSA) is 32.3 Å². The second-order valence-corrected chi connectivity index (χ2v) is 8.46. The normalized spacial score (nSPS) is 24.1. The molecule has 0 bridgehead atoms. The van der Waals surface area contributed by atoms with Crippen LogP contribution in [-0.2, 0) is 5.60 Å². The highest BCUT2D eigenvalue weighted by atomic mass is 35.5. The predicted molar refractivity (Wildman–Crippen MR) is 106 cm³/mol. The van der Waals surface area contributed by atoms with Gasteiger partial charge in [0.15, 0.2) is 0 Å². The summed E-state index contributed by atoms with van der Waals surface area (Å²) in [5, 5.41) is 15.5. The van der Waals surface area contributed by atoms with E-state index in [1.54, 1.807) is 0 Å². The molecule has 0 spiro atoms. The Morgan fingerprint density at radius 2 is 1.56 bits per heavy atom. The van der Waals surface area contributed by atoms with E-state index in [2.05, 4.69) is 50.4 Å². The van der Waals surface area contributed by atoms with Gasteiger partial charge in [0.25, 0.3) is 0 Å². The average molecular weight is 358 g/mol. The molecule has 0 aromatic heterocycles. The largest absolute Gasteiger partial charge is 0.385 e. The predicted octanol–water partition coefficient (Wildman–Crippen LogP) is 5.92. The maximum absolute atomic E-state index is 11.1. The van der Waals surface area contributed by atoms with Gasteiger partial charge in [0.1, 0.15) is 0 Å². The summed E-state index contributed by atoms with van der Waals surface area (Å²) in [5.74, 6) is 0.522. The van der Waals surface area contributed by atoms with Crippen molar-refractivity contribution in [1.29, 1.82) is 0 Å². The van der Waals surface area contributed by atoms with E-state index in [0.29, 0.717) is 5.92 Å². The number of hydrogen-bond acceptors (Lipinski definition) is 2. The Hall–Kier alpha value is -1.51. The molecule has 1 aliphatic carbocycles. The molecule has 134 valence electrons. The van der Waals surface area contributed by atoms with Crippen LogP contribution in [0.2, 0.25) is 5.02 Å². The van der Waals surface area contributed by atoms with E-state index in [9.17, 15) is 5.11 Å². The summed E-state index contributed by atoms with van der Waals surface area (Å²) < 4.78 is 0. The summed E-state index contributed by atoms with van der Waals surface area (Å²) in [6.45, 7) is 6.58. The molecule has 0 atom stereocenters. The van der Waals surface area contributed by atoms with Crippen LogP contribution in [0.1, 0.15) is 50.7 Å². The zero-order valence-electron chi connectivity index (χ0n) is 15.3. The fraction of sp³-hybridized carbons (Fsp3) is 0.455. The molecule has 0 heterocycles. The highest BCUT2D eigenvalue weighted by Gasteiger charge is 2.40. The molecule has 1 aliphatic rings. The SMILES string of the molecule is Cc1ccc(C2(O)CCC(C(C)(C)Nc3ccc(Cl)cc3)CC2)cc1. The molecular formula is C22H28ClNO. The van der Waals surface area contributed by atoms with Crippen molar-refractivity contribution in [2.45, 2.75) is 57.6 Å². The van der Waals surface area contributed by atoms with Crippen molar-refractivity contribution < 1.29 is 5.11 Å². The standard InChI is InChI=1S/C22H28ClNO/c1-16-4-6-18(7-5-16)22(25)14-12-17(13-15-22)21(2,3)24-20-10-8-19(23)9-11-20/h4-11,17,24-25H,12-15H2,1-3H3. The van der Waals surface area contributed by atoms with Crippen LogP contribution >= 0.6 is 11.6 Å². The Morgan fingerprint density at radius 3 is 2.12 bits per heavy atom. The van der Waals surface area contributed by atoms with Crippen molar-refractivity contribution in [1.82, 2.24) is 0 Å². The quantitative estimate of drug-likeness (QED) is 0.712. The Kier molecular flexibility index (Phi) is 5.13. The summed E-state index contributed by atoms with van der Waals surface area (Å²) in [6, 6.07) is 16.2. The highest BCUT2D eigenvalue weighted by Crippen LogP contribution is 2.43. The smallest absolute Gasteiger partial charge is 0.0896 e. The van der Waals surface area contributed by atoms with Crippen LogP contribution in [-0.4, -0.2) is 10.6 Å². The first-order valence-corrected chi connectivity index (χ1v) is 9.50. The molecule has 0 unspecified atom stereocenters. The lowest BCUT2D eigenvalue weighted by molar-refractivity contribution is -0.0210.